The fourth-order valence-electron chi connectivity index (χ4n) is 3.96. The lowest BCUT2D eigenvalue weighted by Crippen LogP contribution is -2.52. The van der Waals surface area contributed by atoms with E-state index in [2.05, 4.69) is 24.8 Å². The molecule has 0 aliphatic carbocycles. The number of nitrogens with zero attached hydrogens (tertiary/aromatic N) is 4. The average Bonchev–Trinajstić information content (AvgIpc) is 3.26. The number of thiazole rings is 1. The minimum atomic E-state index is -0.106. The van der Waals surface area contributed by atoms with Crippen molar-refractivity contribution in [2.75, 3.05) is 26.2 Å². The number of aromatic nitrogens is 1. The van der Waals surface area contributed by atoms with Crippen LogP contribution < -0.4 is 0 Å². The Kier molecular flexibility index (Phi) is 6.45. The van der Waals surface area contributed by atoms with Gasteiger partial charge < -0.3 is 4.90 Å². The molecule has 1 aliphatic heterocycles. The SMILES string of the molecule is CC(C)C(C#N)N1CCN(C(=O)c2sc(-c3ccccc3)nc2-c2ccccc2)CC1. The summed E-state index contributed by atoms with van der Waals surface area (Å²) < 4.78 is 0. The summed E-state index contributed by atoms with van der Waals surface area (Å²) in [5, 5.41) is 10.3. The van der Waals surface area contributed by atoms with Gasteiger partial charge in [-0.25, -0.2) is 4.98 Å². The van der Waals surface area contributed by atoms with Gasteiger partial charge in [-0.05, 0) is 5.92 Å². The van der Waals surface area contributed by atoms with Crippen molar-refractivity contribution in [2.24, 2.45) is 5.92 Å². The van der Waals surface area contributed by atoms with Gasteiger partial charge in [-0.1, -0.05) is 74.5 Å². The lowest BCUT2D eigenvalue weighted by molar-refractivity contribution is 0.0581. The number of nitriles is 1. The second kappa shape index (κ2) is 9.42. The van der Waals surface area contributed by atoms with Crippen molar-refractivity contribution in [1.82, 2.24) is 14.8 Å². The van der Waals surface area contributed by atoms with Crippen molar-refractivity contribution < 1.29 is 4.79 Å². The lowest BCUT2D eigenvalue weighted by Gasteiger charge is -2.38. The molecular formula is C25H26N4OS. The quantitative estimate of drug-likeness (QED) is 0.584. The van der Waals surface area contributed by atoms with Crippen molar-refractivity contribution in [3.05, 3.63) is 65.5 Å². The predicted octanol–water partition coefficient (Wildman–Crippen LogP) is 4.78. The first kappa shape index (κ1) is 21.2. The molecule has 2 aromatic carbocycles. The molecule has 1 fully saturated rings. The van der Waals surface area contributed by atoms with E-state index in [9.17, 15) is 10.1 Å². The fourth-order valence-corrected chi connectivity index (χ4v) is 5.02. The van der Waals surface area contributed by atoms with Crippen molar-refractivity contribution in [2.45, 2.75) is 19.9 Å². The molecule has 0 bridgehead atoms. The Bertz CT molecular complexity index is 1060. The fraction of sp³-hybridized carbons (Fsp3) is 0.320. The van der Waals surface area contributed by atoms with Gasteiger partial charge in [0.1, 0.15) is 15.9 Å². The summed E-state index contributed by atoms with van der Waals surface area (Å²) in [5.41, 5.74) is 2.71. The monoisotopic (exact) mass is 430 g/mol. The molecule has 1 aromatic heterocycles. The van der Waals surface area contributed by atoms with Gasteiger partial charge in [0.15, 0.2) is 0 Å². The number of carbonyl (C=O) groups excluding carboxylic acids is 1. The molecular weight excluding hydrogens is 404 g/mol. The molecule has 1 atom stereocenters. The molecule has 1 aliphatic rings. The van der Waals surface area contributed by atoms with Crippen LogP contribution in [0.2, 0.25) is 0 Å². The van der Waals surface area contributed by atoms with Crippen LogP contribution >= 0.6 is 11.3 Å². The summed E-state index contributed by atoms with van der Waals surface area (Å²) in [4.78, 5) is 23.2. The van der Waals surface area contributed by atoms with Crippen LogP contribution in [0.1, 0.15) is 23.5 Å². The van der Waals surface area contributed by atoms with Crippen molar-refractivity contribution in [1.29, 1.82) is 5.26 Å². The number of amides is 1. The van der Waals surface area contributed by atoms with E-state index in [1.807, 2.05) is 65.6 Å². The molecule has 1 saturated heterocycles. The van der Waals surface area contributed by atoms with Gasteiger partial charge in [-0.3, -0.25) is 9.69 Å². The molecule has 31 heavy (non-hydrogen) atoms. The normalized spacial score (nSPS) is 15.6. The summed E-state index contributed by atoms with van der Waals surface area (Å²) in [6.45, 7) is 6.81. The van der Waals surface area contributed by atoms with Gasteiger partial charge in [0.25, 0.3) is 5.91 Å². The Hall–Kier alpha value is -3.01. The molecule has 5 nitrogen and oxygen atoms in total. The zero-order valence-corrected chi connectivity index (χ0v) is 18.7. The van der Waals surface area contributed by atoms with Crippen LogP contribution in [0.5, 0.6) is 0 Å². The van der Waals surface area contributed by atoms with E-state index in [4.69, 9.17) is 4.98 Å². The Morgan fingerprint density at radius 2 is 1.55 bits per heavy atom. The number of hydrogen-bond acceptors (Lipinski definition) is 5. The van der Waals surface area contributed by atoms with Gasteiger partial charge in [0.05, 0.1) is 11.8 Å². The Morgan fingerprint density at radius 3 is 2.10 bits per heavy atom. The Balaban J connectivity index is 1.61. The highest BCUT2D eigenvalue weighted by atomic mass is 32.1. The molecule has 1 amide bonds. The molecule has 1 unspecified atom stereocenters. The van der Waals surface area contributed by atoms with Crippen LogP contribution in [0.15, 0.2) is 60.7 Å². The first-order chi connectivity index (χ1) is 15.1. The zero-order valence-electron chi connectivity index (χ0n) is 17.9. The van der Waals surface area contributed by atoms with Gasteiger partial charge in [-0.2, -0.15) is 5.26 Å². The first-order valence-corrected chi connectivity index (χ1v) is 11.4. The van der Waals surface area contributed by atoms with Gasteiger partial charge >= 0.3 is 0 Å². The van der Waals surface area contributed by atoms with E-state index in [1.54, 1.807) is 0 Å². The number of rotatable bonds is 5. The number of hydrogen-bond donors (Lipinski definition) is 0. The van der Waals surface area contributed by atoms with E-state index < -0.39 is 0 Å². The van der Waals surface area contributed by atoms with E-state index in [0.29, 0.717) is 31.1 Å². The van der Waals surface area contributed by atoms with Crippen molar-refractivity contribution >= 4 is 17.2 Å². The number of piperazine rings is 1. The van der Waals surface area contributed by atoms with Crippen LogP contribution in [-0.4, -0.2) is 52.9 Å². The molecule has 4 rings (SSSR count). The summed E-state index contributed by atoms with van der Waals surface area (Å²) >= 11 is 1.46. The zero-order chi connectivity index (χ0) is 21.8. The average molecular weight is 431 g/mol. The smallest absolute Gasteiger partial charge is 0.266 e. The third kappa shape index (κ3) is 4.53. The van der Waals surface area contributed by atoms with Crippen molar-refractivity contribution in [3.8, 4) is 27.9 Å². The highest BCUT2D eigenvalue weighted by Crippen LogP contribution is 2.35. The summed E-state index contributed by atoms with van der Waals surface area (Å²) in [5.74, 6) is 0.295. The molecule has 0 N–H and O–H groups in total. The van der Waals surface area contributed by atoms with E-state index in [1.165, 1.54) is 11.3 Å². The molecule has 6 heteroatoms. The van der Waals surface area contributed by atoms with E-state index in [0.717, 1.165) is 21.8 Å². The Labute approximate surface area is 187 Å². The number of carbonyl (C=O) groups is 1. The standard InChI is InChI=1S/C25H26N4OS/c1-18(2)21(17-26)28-13-15-29(16-14-28)25(30)23-22(19-9-5-3-6-10-19)27-24(31-23)20-11-7-4-8-12-20/h3-12,18,21H,13-16H2,1-2H3. The largest absolute Gasteiger partial charge is 0.335 e. The minimum absolute atomic E-state index is 0.0243. The van der Waals surface area contributed by atoms with Crippen LogP contribution in [0.3, 0.4) is 0 Å². The van der Waals surface area contributed by atoms with Gasteiger partial charge in [-0.15, -0.1) is 11.3 Å². The van der Waals surface area contributed by atoms with E-state index >= 15 is 0 Å². The molecule has 2 heterocycles. The highest BCUT2D eigenvalue weighted by Gasteiger charge is 2.30. The maximum absolute atomic E-state index is 13.5. The van der Waals surface area contributed by atoms with Crippen molar-refractivity contribution in [3.63, 3.8) is 0 Å². The third-order valence-electron chi connectivity index (χ3n) is 5.65. The second-order valence-corrected chi connectivity index (χ2v) is 9.07. The summed E-state index contributed by atoms with van der Waals surface area (Å²) in [6.07, 6.45) is 0. The molecule has 3 aromatic rings. The Morgan fingerprint density at radius 1 is 0.968 bits per heavy atom. The molecule has 0 saturated carbocycles. The van der Waals surface area contributed by atoms with Crippen LogP contribution in [0, 0.1) is 17.2 Å². The van der Waals surface area contributed by atoms with Crippen LogP contribution in [0.25, 0.3) is 21.8 Å². The van der Waals surface area contributed by atoms with Crippen LogP contribution in [0.4, 0.5) is 0 Å². The maximum Gasteiger partial charge on any atom is 0.266 e. The first-order valence-electron chi connectivity index (χ1n) is 10.6. The van der Waals surface area contributed by atoms with Crippen LogP contribution in [-0.2, 0) is 0 Å². The second-order valence-electron chi connectivity index (χ2n) is 8.07. The molecule has 0 spiro atoms. The van der Waals surface area contributed by atoms with Gasteiger partial charge in [0.2, 0.25) is 0 Å². The minimum Gasteiger partial charge on any atom is -0.335 e. The summed E-state index contributed by atoms with van der Waals surface area (Å²) in [6, 6.07) is 22.2. The molecule has 158 valence electrons. The third-order valence-corrected chi connectivity index (χ3v) is 6.74. The maximum atomic E-state index is 13.5. The number of benzene rings is 2. The lowest BCUT2D eigenvalue weighted by atomic mass is 10.0. The topological polar surface area (TPSA) is 60.2 Å². The van der Waals surface area contributed by atoms with Gasteiger partial charge in [0, 0.05) is 37.3 Å². The predicted molar refractivity (Wildman–Crippen MR) is 125 cm³/mol. The molecule has 0 radical (unpaired) electrons. The summed E-state index contributed by atoms with van der Waals surface area (Å²) in [7, 11) is 0. The highest BCUT2D eigenvalue weighted by molar-refractivity contribution is 7.17. The van der Waals surface area contributed by atoms with E-state index in [-0.39, 0.29) is 17.9 Å².